The highest BCUT2D eigenvalue weighted by Crippen LogP contribution is 2.23. The minimum absolute atomic E-state index is 0.00782. The number of sulfonamides is 1. The smallest absolute Gasteiger partial charge is 0.282 e. The van der Waals surface area contributed by atoms with E-state index in [9.17, 15) is 13.2 Å². The third-order valence-corrected chi connectivity index (χ3v) is 6.68. The van der Waals surface area contributed by atoms with Crippen LogP contribution in [0.25, 0.3) is 0 Å². The third kappa shape index (κ3) is 5.35. The van der Waals surface area contributed by atoms with Gasteiger partial charge in [0.25, 0.3) is 5.91 Å². The fourth-order valence-corrected chi connectivity index (χ4v) is 3.95. The molecule has 0 heterocycles. The number of rotatable bonds is 8. The number of hydrogen-bond acceptors (Lipinski definition) is 4. The van der Waals surface area contributed by atoms with Crippen LogP contribution in [0.3, 0.4) is 0 Å². The Morgan fingerprint density at radius 1 is 1.14 bits per heavy atom. The summed E-state index contributed by atoms with van der Waals surface area (Å²) in [5.74, 6) is 0.579. The molecule has 0 aliphatic rings. The molecule has 2 rings (SSSR count). The van der Waals surface area contributed by atoms with Crippen molar-refractivity contribution in [2.24, 2.45) is 0 Å². The van der Waals surface area contributed by atoms with Crippen molar-refractivity contribution in [3.8, 4) is 5.75 Å². The highest BCUT2D eigenvalue weighted by atomic mass is 32.2. The molecule has 0 unspecified atom stereocenters. The van der Waals surface area contributed by atoms with Gasteiger partial charge in [-0.25, -0.2) is 12.7 Å². The summed E-state index contributed by atoms with van der Waals surface area (Å²) < 4.78 is 31.3. The number of para-hydroxylation sites is 1. The zero-order valence-corrected chi connectivity index (χ0v) is 18.6. The summed E-state index contributed by atoms with van der Waals surface area (Å²) >= 11 is 0. The van der Waals surface area contributed by atoms with Crippen LogP contribution in [-0.4, -0.2) is 45.9 Å². The number of carbonyl (C=O) groups is 1. The number of hydrogen-bond donors (Lipinski definition) is 2. The van der Waals surface area contributed by atoms with Gasteiger partial charge in [0, 0.05) is 19.8 Å². The highest BCUT2D eigenvalue weighted by Gasteiger charge is 2.24. The zero-order valence-electron chi connectivity index (χ0n) is 17.8. The lowest BCUT2D eigenvalue weighted by molar-refractivity contribution is -0.709. The lowest BCUT2D eigenvalue weighted by Gasteiger charge is -2.19. The molecule has 0 aliphatic carbocycles. The Morgan fingerprint density at radius 3 is 2.41 bits per heavy atom. The molecule has 29 heavy (non-hydrogen) atoms. The Hall–Kier alpha value is -2.42. The van der Waals surface area contributed by atoms with Gasteiger partial charge in [0.1, 0.15) is 11.8 Å². The van der Waals surface area contributed by atoms with Crippen LogP contribution in [-0.2, 0) is 14.8 Å². The van der Waals surface area contributed by atoms with E-state index in [1.165, 1.54) is 20.2 Å². The fraction of sp³-hybridized carbons (Fsp3) is 0.381. The van der Waals surface area contributed by atoms with Gasteiger partial charge in [0.05, 0.1) is 17.6 Å². The first-order valence-corrected chi connectivity index (χ1v) is 10.8. The molecule has 0 spiro atoms. The maximum absolute atomic E-state index is 12.7. The number of anilines is 1. The lowest BCUT2D eigenvalue weighted by Crippen LogP contribution is -2.91. The largest absolute Gasteiger partial charge is 0.496 e. The van der Waals surface area contributed by atoms with Crippen LogP contribution in [0.15, 0.2) is 47.4 Å². The number of methoxy groups -OCH3 is 1. The molecule has 0 bridgehead atoms. The number of aryl methyl sites for hydroxylation is 1. The van der Waals surface area contributed by atoms with Gasteiger partial charge in [0.2, 0.25) is 10.0 Å². The van der Waals surface area contributed by atoms with E-state index < -0.39 is 10.0 Å². The average Bonchev–Trinajstić information content (AvgIpc) is 2.69. The molecule has 2 atom stereocenters. The van der Waals surface area contributed by atoms with Gasteiger partial charge in [-0.05, 0) is 50.6 Å². The van der Waals surface area contributed by atoms with E-state index in [4.69, 9.17) is 4.74 Å². The van der Waals surface area contributed by atoms with Crippen LogP contribution < -0.4 is 15.4 Å². The zero-order chi connectivity index (χ0) is 21.8. The van der Waals surface area contributed by atoms with Crippen molar-refractivity contribution in [2.75, 3.05) is 26.5 Å². The van der Waals surface area contributed by atoms with E-state index in [1.807, 2.05) is 50.4 Å². The summed E-state index contributed by atoms with van der Waals surface area (Å²) in [6, 6.07) is 12.1. The van der Waals surface area contributed by atoms with Gasteiger partial charge in [-0.2, -0.15) is 0 Å². The average molecular weight is 421 g/mol. The number of quaternary nitrogens is 1. The standard InChI is InChI=1S/C21H29N3O4S/c1-14-11-12-17(29(26,27)24(4)5)13-19(14)23-21(25)16(3)22-15(2)18-9-7-8-10-20(18)28-6/h7-13,15-16,22H,1-6H3,(H,23,25)/p+1/t15-,16-/m0/s1. The molecule has 0 radical (unpaired) electrons. The van der Waals surface area contributed by atoms with Gasteiger partial charge in [-0.3, -0.25) is 4.79 Å². The normalized spacial score (nSPS) is 13.8. The molecule has 0 fully saturated rings. The van der Waals surface area contributed by atoms with E-state index in [1.54, 1.807) is 19.2 Å². The predicted octanol–water partition coefficient (Wildman–Crippen LogP) is 1.91. The SMILES string of the molecule is COc1ccccc1[C@H](C)[NH2+][C@@H](C)C(=O)Nc1cc(S(=O)(=O)N(C)C)ccc1C. The van der Waals surface area contributed by atoms with Gasteiger partial charge in [-0.15, -0.1) is 0 Å². The fourth-order valence-electron chi connectivity index (χ4n) is 3.02. The molecule has 2 aromatic carbocycles. The van der Waals surface area contributed by atoms with Crippen molar-refractivity contribution in [2.45, 2.75) is 37.8 Å². The van der Waals surface area contributed by atoms with Crippen molar-refractivity contribution in [3.63, 3.8) is 0 Å². The molecule has 158 valence electrons. The summed E-state index contributed by atoms with van der Waals surface area (Å²) in [4.78, 5) is 12.9. The van der Waals surface area contributed by atoms with Crippen molar-refractivity contribution in [1.29, 1.82) is 0 Å². The molecular formula is C21H30N3O4S+. The van der Waals surface area contributed by atoms with Gasteiger partial charge < -0.3 is 15.4 Å². The first kappa shape index (κ1) is 22.9. The Morgan fingerprint density at radius 2 is 1.79 bits per heavy atom. The second kappa shape index (κ2) is 9.39. The molecule has 1 amide bonds. The summed E-state index contributed by atoms with van der Waals surface area (Å²) in [6.45, 7) is 5.65. The molecule has 0 aromatic heterocycles. The second-order valence-corrected chi connectivity index (χ2v) is 9.42. The Balaban J connectivity index is 2.15. The molecule has 7 nitrogen and oxygen atoms in total. The Kier molecular flexibility index (Phi) is 7.40. The Labute approximate surface area is 173 Å². The highest BCUT2D eigenvalue weighted by molar-refractivity contribution is 7.89. The third-order valence-electron chi connectivity index (χ3n) is 4.87. The second-order valence-electron chi connectivity index (χ2n) is 7.27. The molecule has 0 aliphatic heterocycles. The van der Waals surface area contributed by atoms with Crippen molar-refractivity contribution >= 4 is 21.6 Å². The maximum atomic E-state index is 12.7. The van der Waals surface area contributed by atoms with Crippen LogP contribution >= 0.6 is 0 Å². The molecule has 2 aromatic rings. The maximum Gasteiger partial charge on any atom is 0.282 e. The number of nitrogens with zero attached hydrogens (tertiary/aromatic N) is 1. The van der Waals surface area contributed by atoms with E-state index in [0.29, 0.717) is 5.69 Å². The van der Waals surface area contributed by atoms with Crippen molar-refractivity contribution < 1.29 is 23.3 Å². The predicted molar refractivity (Wildman–Crippen MR) is 113 cm³/mol. The molecule has 3 N–H and O–H groups in total. The Bertz CT molecular complexity index is 974. The van der Waals surface area contributed by atoms with Crippen LogP contribution in [0, 0.1) is 6.92 Å². The number of carbonyl (C=O) groups excluding carboxylic acids is 1. The van der Waals surface area contributed by atoms with Crippen LogP contribution in [0.2, 0.25) is 0 Å². The van der Waals surface area contributed by atoms with Gasteiger partial charge >= 0.3 is 0 Å². The number of benzene rings is 2. The van der Waals surface area contributed by atoms with Gasteiger partial charge in [-0.1, -0.05) is 18.2 Å². The summed E-state index contributed by atoms with van der Waals surface area (Å²) in [7, 11) is 1.00. The van der Waals surface area contributed by atoms with Crippen molar-refractivity contribution in [3.05, 3.63) is 53.6 Å². The monoisotopic (exact) mass is 420 g/mol. The van der Waals surface area contributed by atoms with Crippen LogP contribution in [0.5, 0.6) is 5.75 Å². The van der Waals surface area contributed by atoms with E-state index in [0.717, 1.165) is 21.2 Å². The minimum atomic E-state index is -3.57. The molecule has 8 heteroatoms. The summed E-state index contributed by atoms with van der Waals surface area (Å²) in [5, 5.41) is 4.81. The van der Waals surface area contributed by atoms with Crippen LogP contribution in [0.1, 0.15) is 31.0 Å². The topological polar surface area (TPSA) is 92.3 Å². The number of amides is 1. The molecular weight excluding hydrogens is 390 g/mol. The lowest BCUT2D eigenvalue weighted by atomic mass is 10.1. The van der Waals surface area contributed by atoms with E-state index in [-0.39, 0.29) is 22.9 Å². The first-order chi connectivity index (χ1) is 13.6. The number of ether oxygens (including phenoxy) is 1. The van der Waals surface area contributed by atoms with Gasteiger partial charge in [0.15, 0.2) is 6.04 Å². The molecule has 0 saturated carbocycles. The van der Waals surface area contributed by atoms with Crippen LogP contribution in [0.4, 0.5) is 5.69 Å². The summed E-state index contributed by atoms with van der Waals surface area (Å²) in [6.07, 6.45) is 0. The summed E-state index contributed by atoms with van der Waals surface area (Å²) in [5.41, 5.74) is 2.29. The molecule has 0 saturated heterocycles. The number of nitrogens with one attached hydrogen (secondary N) is 1. The van der Waals surface area contributed by atoms with E-state index >= 15 is 0 Å². The quantitative estimate of drug-likeness (QED) is 0.682. The van der Waals surface area contributed by atoms with E-state index in [2.05, 4.69) is 5.32 Å². The first-order valence-electron chi connectivity index (χ1n) is 9.40. The number of nitrogens with two attached hydrogens (primary N) is 1. The minimum Gasteiger partial charge on any atom is -0.496 e. The van der Waals surface area contributed by atoms with Crippen molar-refractivity contribution in [1.82, 2.24) is 4.31 Å².